The van der Waals surface area contributed by atoms with Gasteiger partial charge in [-0.25, -0.2) is 4.98 Å². The van der Waals surface area contributed by atoms with Gasteiger partial charge in [0.05, 0.1) is 5.69 Å². The van der Waals surface area contributed by atoms with Crippen molar-refractivity contribution in [3.63, 3.8) is 0 Å². The third-order valence-corrected chi connectivity index (χ3v) is 8.33. The molecule has 1 unspecified atom stereocenters. The Morgan fingerprint density at radius 2 is 1.88 bits per heavy atom. The lowest BCUT2D eigenvalue weighted by Gasteiger charge is -2.23. The van der Waals surface area contributed by atoms with E-state index in [1.807, 2.05) is 42.4 Å². The summed E-state index contributed by atoms with van der Waals surface area (Å²) in [6.07, 6.45) is 3.56. The summed E-state index contributed by atoms with van der Waals surface area (Å²) in [6, 6.07) is 4.19. The molecule has 0 aromatic carbocycles. The maximum Gasteiger partial charge on any atom is 0.405 e. The van der Waals surface area contributed by atoms with Crippen molar-refractivity contribution in [3.8, 4) is 11.1 Å². The quantitative estimate of drug-likeness (QED) is 0.187. The van der Waals surface area contributed by atoms with Crippen LogP contribution in [0.15, 0.2) is 36.9 Å². The van der Waals surface area contributed by atoms with Crippen LogP contribution >= 0.6 is 0 Å². The second kappa shape index (κ2) is 13.8. The van der Waals surface area contributed by atoms with Crippen LogP contribution in [0.5, 0.6) is 0 Å². The minimum absolute atomic E-state index is 0.259. The molecule has 3 heterocycles. The van der Waals surface area contributed by atoms with Crippen molar-refractivity contribution in [3.05, 3.63) is 42.5 Å². The first-order valence-corrected chi connectivity index (χ1v) is 17.6. The molecule has 2 N–H and O–H groups in total. The molecule has 0 bridgehead atoms. The van der Waals surface area contributed by atoms with Crippen LogP contribution < -0.4 is 10.6 Å². The van der Waals surface area contributed by atoms with Crippen LogP contribution in [-0.2, 0) is 22.7 Å². The number of carbonyl (C=O) groups excluding carboxylic acids is 1. The summed E-state index contributed by atoms with van der Waals surface area (Å²) in [5, 5.41) is 6.03. The fraction of sp³-hybridized carbons (Fsp3) is 0.552. The van der Waals surface area contributed by atoms with E-state index in [9.17, 15) is 18.0 Å². The molecule has 0 aliphatic heterocycles. The fourth-order valence-corrected chi connectivity index (χ4v) is 5.01. The standard InChI is InChI=1S/C29H43F3N6O2Si/c1-20(2)26(28(39)35-18-29(30,31)32)36-23-13-22(15-33-16-23)25-17-38(19-40-10-11-41(5,6)7)27-24(25)12-21(14-34-27)8-9-37(3)4/h12-17,20,26,36H,8-11,18-19H2,1-7H3,(H,35,39). The summed E-state index contributed by atoms with van der Waals surface area (Å²) >= 11 is 0. The van der Waals surface area contributed by atoms with Crippen LogP contribution in [0.1, 0.15) is 19.4 Å². The third-order valence-electron chi connectivity index (χ3n) is 6.63. The number of nitrogens with zero attached hydrogens (tertiary/aromatic N) is 4. The Hall–Kier alpha value is -2.96. The van der Waals surface area contributed by atoms with E-state index in [1.165, 1.54) is 0 Å². The number of hydrogen-bond donors (Lipinski definition) is 2. The Labute approximate surface area is 241 Å². The second-order valence-electron chi connectivity index (χ2n) is 12.3. The fourth-order valence-electron chi connectivity index (χ4n) is 4.25. The van der Waals surface area contributed by atoms with Gasteiger partial charge in [0.15, 0.2) is 0 Å². The average Bonchev–Trinajstić information content (AvgIpc) is 3.24. The van der Waals surface area contributed by atoms with Gasteiger partial charge in [0.25, 0.3) is 0 Å². The van der Waals surface area contributed by atoms with E-state index in [-0.39, 0.29) is 5.92 Å². The molecule has 0 saturated carbocycles. The number of rotatable bonds is 14. The maximum absolute atomic E-state index is 12.7. The highest BCUT2D eigenvalue weighted by Crippen LogP contribution is 2.32. The van der Waals surface area contributed by atoms with Crippen molar-refractivity contribution >= 4 is 30.7 Å². The summed E-state index contributed by atoms with van der Waals surface area (Å²) in [7, 11) is 2.84. The molecule has 0 aliphatic carbocycles. The van der Waals surface area contributed by atoms with E-state index in [4.69, 9.17) is 9.72 Å². The Balaban J connectivity index is 1.92. The van der Waals surface area contributed by atoms with Crippen LogP contribution in [-0.4, -0.2) is 79.4 Å². The number of carbonyl (C=O) groups is 1. The van der Waals surface area contributed by atoms with Crippen molar-refractivity contribution in [2.75, 3.05) is 39.1 Å². The zero-order valence-corrected chi connectivity index (χ0v) is 26.1. The largest absolute Gasteiger partial charge is 0.405 e. The Morgan fingerprint density at radius 3 is 2.51 bits per heavy atom. The number of aromatic nitrogens is 3. The minimum Gasteiger partial charge on any atom is -0.372 e. The third kappa shape index (κ3) is 10.1. The van der Waals surface area contributed by atoms with E-state index in [0.29, 0.717) is 19.0 Å². The summed E-state index contributed by atoms with van der Waals surface area (Å²) in [5.74, 6) is -0.977. The van der Waals surface area contributed by atoms with E-state index in [2.05, 4.69) is 40.9 Å². The molecule has 0 spiro atoms. The topological polar surface area (TPSA) is 84.3 Å². The summed E-state index contributed by atoms with van der Waals surface area (Å²) in [4.78, 5) is 23.9. The number of anilines is 1. The molecule has 0 aliphatic rings. The predicted molar refractivity (Wildman–Crippen MR) is 161 cm³/mol. The number of alkyl halides is 3. The highest BCUT2D eigenvalue weighted by atomic mass is 28.3. The molecule has 3 rings (SSSR count). The lowest BCUT2D eigenvalue weighted by atomic mass is 10.0. The van der Waals surface area contributed by atoms with Crippen LogP contribution in [0.2, 0.25) is 25.7 Å². The van der Waals surface area contributed by atoms with E-state index >= 15 is 0 Å². The molecular weight excluding hydrogens is 549 g/mol. The highest BCUT2D eigenvalue weighted by molar-refractivity contribution is 6.76. The van der Waals surface area contributed by atoms with Crippen molar-refractivity contribution in [2.24, 2.45) is 5.92 Å². The summed E-state index contributed by atoms with van der Waals surface area (Å²) < 4.78 is 46.1. The number of fused-ring (bicyclic) bond motifs is 1. The number of halogens is 3. The first kappa shape index (κ1) is 32.6. The molecule has 1 amide bonds. The number of pyridine rings is 2. The van der Waals surface area contributed by atoms with E-state index in [1.54, 1.807) is 26.2 Å². The van der Waals surface area contributed by atoms with Gasteiger partial charge in [-0.2, -0.15) is 13.2 Å². The van der Waals surface area contributed by atoms with Gasteiger partial charge in [0, 0.05) is 62.5 Å². The molecule has 8 nitrogen and oxygen atoms in total. The molecule has 0 saturated heterocycles. The predicted octanol–water partition coefficient (Wildman–Crippen LogP) is 5.63. The maximum atomic E-state index is 12.7. The number of nitrogens with one attached hydrogen (secondary N) is 2. The number of amides is 1. The lowest BCUT2D eigenvalue weighted by molar-refractivity contribution is -0.139. The smallest absolute Gasteiger partial charge is 0.372 e. The second-order valence-corrected chi connectivity index (χ2v) is 17.9. The average molecular weight is 593 g/mol. The molecular formula is C29H43F3N6O2Si. The van der Waals surface area contributed by atoms with Crippen molar-refractivity contribution in [2.45, 2.75) is 64.9 Å². The normalized spacial score (nSPS) is 13.3. The van der Waals surface area contributed by atoms with Gasteiger partial charge in [-0.15, -0.1) is 0 Å². The Morgan fingerprint density at radius 1 is 1.15 bits per heavy atom. The van der Waals surface area contributed by atoms with Crippen LogP contribution in [0.25, 0.3) is 22.2 Å². The number of hydrogen-bond acceptors (Lipinski definition) is 6. The van der Waals surface area contributed by atoms with Crippen LogP contribution in [0.4, 0.5) is 18.9 Å². The van der Waals surface area contributed by atoms with Crippen LogP contribution in [0, 0.1) is 5.92 Å². The number of ether oxygens (including phenoxy) is 1. The molecule has 0 radical (unpaired) electrons. The molecule has 1 atom stereocenters. The molecule has 226 valence electrons. The molecule has 3 aromatic rings. The van der Waals surface area contributed by atoms with Gasteiger partial charge in [-0.05, 0) is 50.2 Å². The van der Waals surface area contributed by atoms with Crippen molar-refractivity contribution in [1.82, 2.24) is 24.8 Å². The SMILES string of the molecule is CC(C)C(Nc1cncc(-c2cn(COCC[Si](C)(C)C)c3ncc(CCN(C)C)cc23)c1)C(=O)NCC(F)(F)F. The number of likely N-dealkylation sites (N-methyl/N-ethyl adjacent to an activating group) is 1. The molecule has 41 heavy (non-hydrogen) atoms. The first-order chi connectivity index (χ1) is 19.1. The summed E-state index contributed by atoms with van der Waals surface area (Å²) in [6.45, 7) is 11.0. The van der Waals surface area contributed by atoms with Gasteiger partial charge in [0.1, 0.15) is 25.0 Å². The Kier molecular flexibility index (Phi) is 11.0. The van der Waals surface area contributed by atoms with Gasteiger partial charge >= 0.3 is 6.18 Å². The van der Waals surface area contributed by atoms with Crippen LogP contribution in [0.3, 0.4) is 0 Å². The van der Waals surface area contributed by atoms with Gasteiger partial charge < -0.3 is 24.8 Å². The minimum atomic E-state index is -4.48. The summed E-state index contributed by atoms with van der Waals surface area (Å²) in [5.41, 5.74) is 4.14. The lowest BCUT2D eigenvalue weighted by Crippen LogP contribution is -2.46. The van der Waals surface area contributed by atoms with Gasteiger partial charge in [-0.3, -0.25) is 9.78 Å². The Bertz CT molecular complexity index is 1300. The zero-order valence-electron chi connectivity index (χ0n) is 25.1. The molecule has 3 aromatic heterocycles. The van der Waals surface area contributed by atoms with E-state index in [0.717, 1.165) is 46.7 Å². The van der Waals surface area contributed by atoms with Gasteiger partial charge in [0.2, 0.25) is 5.91 Å². The van der Waals surface area contributed by atoms with Crippen molar-refractivity contribution < 1.29 is 22.7 Å². The monoisotopic (exact) mass is 592 g/mol. The van der Waals surface area contributed by atoms with E-state index < -0.39 is 32.7 Å². The van der Waals surface area contributed by atoms with Crippen molar-refractivity contribution in [1.29, 1.82) is 0 Å². The first-order valence-electron chi connectivity index (χ1n) is 13.9. The zero-order chi connectivity index (χ0) is 30.4. The van der Waals surface area contributed by atoms with Gasteiger partial charge in [-0.1, -0.05) is 33.5 Å². The molecule has 0 fully saturated rings. The molecule has 12 heteroatoms. The highest BCUT2D eigenvalue weighted by Gasteiger charge is 2.30.